The summed E-state index contributed by atoms with van der Waals surface area (Å²) in [4.78, 5) is 41.6. The third kappa shape index (κ3) is 5.23. The summed E-state index contributed by atoms with van der Waals surface area (Å²) in [6.45, 7) is 6.14. The van der Waals surface area contributed by atoms with Gasteiger partial charge in [0.05, 0.1) is 0 Å². The molecule has 0 aliphatic carbocycles. The summed E-state index contributed by atoms with van der Waals surface area (Å²) in [6.07, 6.45) is 0. The topological polar surface area (TPSA) is 73.0 Å². The Morgan fingerprint density at radius 1 is 1.07 bits per heavy atom. The first-order valence-electron chi connectivity index (χ1n) is 9.34. The number of amides is 3. The van der Waals surface area contributed by atoms with Gasteiger partial charge in [0.15, 0.2) is 0 Å². The predicted octanol–water partition coefficient (Wildman–Crippen LogP) is 0.865. The smallest absolute Gasteiger partial charge is 0.312 e. The van der Waals surface area contributed by atoms with Crippen LogP contribution >= 0.6 is 11.8 Å². The van der Waals surface area contributed by atoms with Crippen molar-refractivity contribution in [2.24, 2.45) is 0 Å². The number of likely N-dealkylation sites (N-methyl/N-ethyl adjacent to an activating group) is 1. The first-order valence-corrected chi connectivity index (χ1v) is 10.5. The molecule has 3 amide bonds. The number of piperazine rings is 1. The standard InChI is InChI=1S/C19H26N4O3S/c1-2-22-6-7-23(19(26)18(22)25)14-17(24)20-16-5-3-4-15(12-16)13-21-8-10-27-11-9-21/h3-5,12H,2,6-11,13-14H2,1H3,(H,20,24). The Kier molecular flexibility index (Phi) is 6.73. The SMILES string of the molecule is CCN1CCN(CC(=O)Nc2cccc(CN3CCSCC3)c2)C(=O)C1=O. The summed E-state index contributed by atoms with van der Waals surface area (Å²) in [7, 11) is 0. The third-order valence-electron chi connectivity index (χ3n) is 4.83. The van der Waals surface area contributed by atoms with E-state index in [1.54, 1.807) is 0 Å². The number of nitrogens with zero attached hydrogens (tertiary/aromatic N) is 3. The van der Waals surface area contributed by atoms with E-state index in [0.29, 0.717) is 19.6 Å². The van der Waals surface area contributed by atoms with Crippen LogP contribution in [0.1, 0.15) is 12.5 Å². The number of benzene rings is 1. The quantitative estimate of drug-likeness (QED) is 0.730. The van der Waals surface area contributed by atoms with Crippen LogP contribution in [0, 0.1) is 0 Å². The van der Waals surface area contributed by atoms with Gasteiger partial charge >= 0.3 is 11.8 Å². The highest BCUT2D eigenvalue weighted by molar-refractivity contribution is 7.99. The van der Waals surface area contributed by atoms with E-state index < -0.39 is 11.8 Å². The predicted molar refractivity (Wildman–Crippen MR) is 107 cm³/mol. The van der Waals surface area contributed by atoms with Gasteiger partial charge in [-0.15, -0.1) is 0 Å². The lowest BCUT2D eigenvalue weighted by Crippen LogP contribution is -2.55. The zero-order valence-corrected chi connectivity index (χ0v) is 16.5. The molecule has 1 N–H and O–H groups in total. The van der Waals surface area contributed by atoms with Crippen molar-refractivity contribution >= 4 is 35.2 Å². The lowest BCUT2D eigenvalue weighted by Gasteiger charge is -2.32. The molecular formula is C19H26N4O3S. The molecule has 0 spiro atoms. The molecule has 3 rings (SSSR count). The molecule has 2 heterocycles. The molecule has 2 fully saturated rings. The molecule has 146 valence electrons. The third-order valence-corrected chi connectivity index (χ3v) is 5.78. The molecule has 2 aliphatic rings. The van der Waals surface area contributed by atoms with Crippen molar-refractivity contribution in [2.45, 2.75) is 13.5 Å². The largest absolute Gasteiger partial charge is 0.333 e. The summed E-state index contributed by atoms with van der Waals surface area (Å²) >= 11 is 1.98. The summed E-state index contributed by atoms with van der Waals surface area (Å²) in [5.41, 5.74) is 1.87. The number of nitrogens with one attached hydrogen (secondary N) is 1. The fraction of sp³-hybridized carbons (Fsp3) is 0.526. The maximum Gasteiger partial charge on any atom is 0.312 e. The van der Waals surface area contributed by atoms with Gasteiger partial charge in [0.2, 0.25) is 5.91 Å². The fourth-order valence-corrected chi connectivity index (χ4v) is 4.29. The van der Waals surface area contributed by atoms with Crippen LogP contribution in [0.25, 0.3) is 0 Å². The summed E-state index contributed by atoms with van der Waals surface area (Å²) in [5, 5.41) is 2.85. The maximum atomic E-state index is 12.3. The first-order chi connectivity index (χ1) is 13.1. The highest BCUT2D eigenvalue weighted by Gasteiger charge is 2.32. The molecule has 0 bridgehead atoms. The van der Waals surface area contributed by atoms with Crippen molar-refractivity contribution in [3.63, 3.8) is 0 Å². The zero-order valence-electron chi connectivity index (χ0n) is 15.6. The minimum atomic E-state index is -0.602. The van der Waals surface area contributed by atoms with Gasteiger partial charge in [-0.1, -0.05) is 12.1 Å². The van der Waals surface area contributed by atoms with Gasteiger partial charge < -0.3 is 15.1 Å². The molecule has 0 saturated carbocycles. The molecule has 2 saturated heterocycles. The van der Waals surface area contributed by atoms with Crippen molar-refractivity contribution in [2.75, 3.05) is 56.1 Å². The Morgan fingerprint density at radius 2 is 1.78 bits per heavy atom. The molecule has 7 nitrogen and oxygen atoms in total. The fourth-order valence-electron chi connectivity index (χ4n) is 3.31. The van der Waals surface area contributed by atoms with E-state index in [9.17, 15) is 14.4 Å². The van der Waals surface area contributed by atoms with Gasteiger partial charge in [-0.3, -0.25) is 19.3 Å². The Morgan fingerprint density at radius 3 is 2.52 bits per heavy atom. The van der Waals surface area contributed by atoms with E-state index >= 15 is 0 Å². The van der Waals surface area contributed by atoms with Gasteiger partial charge in [0.1, 0.15) is 6.54 Å². The Balaban J connectivity index is 1.54. The average Bonchev–Trinajstić information content (AvgIpc) is 2.67. The van der Waals surface area contributed by atoms with Crippen LogP contribution in [-0.4, -0.2) is 83.2 Å². The number of carbonyl (C=O) groups excluding carboxylic acids is 3. The van der Waals surface area contributed by atoms with E-state index in [1.165, 1.54) is 9.80 Å². The molecule has 0 aromatic heterocycles. The summed E-state index contributed by atoms with van der Waals surface area (Å²) in [5.74, 6) is 0.906. The van der Waals surface area contributed by atoms with Crippen LogP contribution < -0.4 is 5.32 Å². The van der Waals surface area contributed by atoms with Crippen LogP contribution in [0.5, 0.6) is 0 Å². The molecule has 8 heteroatoms. The van der Waals surface area contributed by atoms with E-state index in [-0.39, 0.29) is 12.5 Å². The van der Waals surface area contributed by atoms with Crippen LogP contribution in [0.4, 0.5) is 5.69 Å². The first kappa shape index (κ1) is 19.7. The van der Waals surface area contributed by atoms with Crippen molar-refractivity contribution in [1.82, 2.24) is 14.7 Å². The van der Waals surface area contributed by atoms with E-state index in [4.69, 9.17) is 0 Å². The molecule has 27 heavy (non-hydrogen) atoms. The number of anilines is 1. The van der Waals surface area contributed by atoms with Crippen LogP contribution in [0.3, 0.4) is 0 Å². The summed E-state index contributed by atoms with van der Waals surface area (Å²) < 4.78 is 0. The second-order valence-electron chi connectivity index (χ2n) is 6.75. The van der Waals surface area contributed by atoms with Crippen molar-refractivity contribution in [1.29, 1.82) is 0 Å². The van der Waals surface area contributed by atoms with Crippen LogP contribution in [0.15, 0.2) is 24.3 Å². The number of hydrogen-bond acceptors (Lipinski definition) is 5. The molecular weight excluding hydrogens is 364 g/mol. The van der Waals surface area contributed by atoms with Crippen molar-refractivity contribution in [3.05, 3.63) is 29.8 Å². The zero-order chi connectivity index (χ0) is 19.2. The Labute approximate surface area is 164 Å². The van der Waals surface area contributed by atoms with Gasteiger partial charge in [-0.25, -0.2) is 0 Å². The highest BCUT2D eigenvalue weighted by Crippen LogP contribution is 2.16. The van der Waals surface area contributed by atoms with Crippen LogP contribution in [-0.2, 0) is 20.9 Å². The molecule has 1 aromatic carbocycles. The van der Waals surface area contributed by atoms with Crippen molar-refractivity contribution in [3.8, 4) is 0 Å². The van der Waals surface area contributed by atoms with Gasteiger partial charge in [0, 0.05) is 56.5 Å². The number of hydrogen-bond donors (Lipinski definition) is 1. The van der Waals surface area contributed by atoms with E-state index in [1.807, 2.05) is 36.9 Å². The summed E-state index contributed by atoms with van der Waals surface area (Å²) in [6, 6.07) is 7.80. The van der Waals surface area contributed by atoms with Gasteiger partial charge in [0.25, 0.3) is 0 Å². The molecule has 1 aromatic rings. The minimum absolute atomic E-state index is 0.101. The minimum Gasteiger partial charge on any atom is -0.333 e. The number of thioether (sulfide) groups is 1. The van der Waals surface area contributed by atoms with Gasteiger partial charge in [-0.2, -0.15) is 11.8 Å². The number of rotatable bonds is 6. The lowest BCUT2D eigenvalue weighted by molar-refractivity contribution is -0.156. The van der Waals surface area contributed by atoms with Crippen LogP contribution in [0.2, 0.25) is 0 Å². The Bertz CT molecular complexity index is 706. The van der Waals surface area contributed by atoms with Crippen molar-refractivity contribution < 1.29 is 14.4 Å². The molecule has 2 aliphatic heterocycles. The monoisotopic (exact) mass is 390 g/mol. The highest BCUT2D eigenvalue weighted by atomic mass is 32.2. The van der Waals surface area contributed by atoms with E-state index in [2.05, 4.69) is 16.3 Å². The molecule has 0 atom stereocenters. The number of carbonyl (C=O) groups is 3. The molecule has 0 unspecified atom stereocenters. The maximum absolute atomic E-state index is 12.3. The van der Waals surface area contributed by atoms with Gasteiger partial charge in [-0.05, 0) is 24.6 Å². The lowest BCUT2D eigenvalue weighted by atomic mass is 10.2. The second-order valence-corrected chi connectivity index (χ2v) is 7.97. The van der Waals surface area contributed by atoms with E-state index in [0.717, 1.165) is 42.4 Å². The average molecular weight is 391 g/mol. The Hall–Kier alpha value is -2.06. The normalized spacial score (nSPS) is 18.7. The second kappa shape index (κ2) is 9.23. The molecule has 0 radical (unpaired) electrons.